The lowest BCUT2D eigenvalue weighted by Crippen LogP contribution is -2.48. The monoisotopic (exact) mass is 350 g/mol. The molecule has 24 heavy (non-hydrogen) atoms. The highest BCUT2D eigenvalue weighted by Gasteiger charge is 2.43. The molecule has 1 spiro atoms. The van der Waals surface area contributed by atoms with Crippen molar-refractivity contribution in [2.24, 2.45) is 5.41 Å². The van der Waals surface area contributed by atoms with Gasteiger partial charge in [0.1, 0.15) is 0 Å². The lowest BCUT2D eigenvalue weighted by Gasteiger charge is -2.33. The van der Waals surface area contributed by atoms with E-state index in [2.05, 4.69) is 32.4 Å². The predicted molar refractivity (Wildman–Crippen MR) is 94.9 cm³/mol. The van der Waals surface area contributed by atoms with E-state index >= 15 is 0 Å². The zero-order valence-corrected chi connectivity index (χ0v) is 15.2. The average molecular weight is 350 g/mol. The Bertz CT molecular complexity index is 589. The molecule has 1 aromatic heterocycles. The number of carbonyl (C=O) groups is 2. The maximum absolute atomic E-state index is 12.5. The molecule has 6 nitrogen and oxygen atoms in total. The number of hydrogen-bond donors (Lipinski definition) is 2. The molecule has 3 rings (SSSR count). The molecule has 3 amide bonds. The van der Waals surface area contributed by atoms with Crippen molar-refractivity contribution in [3.05, 3.63) is 22.4 Å². The zero-order valence-electron chi connectivity index (χ0n) is 14.4. The third-order valence-electron chi connectivity index (χ3n) is 4.65. The summed E-state index contributed by atoms with van der Waals surface area (Å²) in [4.78, 5) is 28.6. The largest absolute Gasteiger partial charge is 0.355 e. The number of amides is 3. The molecule has 2 fully saturated rings. The number of thiophene rings is 1. The van der Waals surface area contributed by atoms with Crippen LogP contribution in [0.2, 0.25) is 0 Å². The Kier molecular flexibility index (Phi) is 5.10. The van der Waals surface area contributed by atoms with Gasteiger partial charge in [0, 0.05) is 57.1 Å². The van der Waals surface area contributed by atoms with E-state index in [0.29, 0.717) is 26.1 Å². The Hall–Kier alpha value is -1.60. The second-order valence-electron chi connectivity index (χ2n) is 7.32. The zero-order chi connectivity index (χ0) is 17.2. The summed E-state index contributed by atoms with van der Waals surface area (Å²) in [6.07, 6.45) is 0.499. The minimum atomic E-state index is -0.183. The SMILES string of the molecule is CC(C)NC(=O)N1CCN(Cc2ccsc2)CC2(CNC(=O)C2)C1. The molecular weight excluding hydrogens is 324 g/mol. The number of hydrogen-bond acceptors (Lipinski definition) is 4. The van der Waals surface area contributed by atoms with Crippen LogP contribution < -0.4 is 10.6 Å². The van der Waals surface area contributed by atoms with Gasteiger partial charge in [0.05, 0.1) is 0 Å². The van der Waals surface area contributed by atoms with Crippen molar-refractivity contribution < 1.29 is 9.59 Å². The van der Waals surface area contributed by atoms with Crippen LogP contribution in [0.1, 0.15) is 25.8 Å². The Labute approximate surface area is 147 Å². The molecule has 0 bridgehead atoms. The molecule has 2 saturated heterocycles. The highest BCUT2D eigenvalue weighted by Crippen LogP contribution is 2.31. The molecule has 0 aromatic carbocycles. The van der Waals surface area contributed by atoms with Crippen LogP contribution in [-0.4, -0.2) is 60.5 Å². The molecule has 2 N–H and O–H groups in total. The number of rotatable bonds is 3. The van der Waals surface area contributed by atoms with Crippen molar-refractivity contribution in [3.8, 4) is 0 Å². The fourth-order valence-corrected chi connectivity index (χ4v) is 4.27. The Morgan fingerprint density at radius 3 is 2.88 bits per heavy atom. The second kappa shape index (κ2) is 7.11. The van der Waals surface area contributed by atoms with Crippen LogP contribution in [0.15, 0.2) is 16.8 Å². The quantitative estimate of drug-likeness (QED) is 0.868. The first-order valence-corrected chi connectivity index (χ1v) is 9.46. The van der Waals surface area contributed by atoms with Crippen LogP contribution in [0, 0.1) is 5.41 Å². The Morgan fingerprint density at radius 2 is 2.25 bits per heavy atom. The van der Waals surface area contributed by atoms with Gasteiger partial charge in [-0.1, -0.05) is 0 Å². The minimum Gasteiger partial charge on any atom is -0.355 e. The highest BCUT2D eigenvalue weighted by atomic mass is 32.1. The van der Waals surface area contributed by atoms with Gasteiger partial charge in [-0.15, -0.1) is 0 Å². The number of nitrogens with one attached hydrogen (secondary N) is 2. The molecule has 2 aliphatic rings. The first-order valence-electron chi connectivity index (χ1n) is 8.51. The van der Waals surface area contributed by atoms with Crippen LogP contribution in [0.4, 0.5) is 4.79 Å². The normalized spacial score (nSPS) is 25.1. The van der Waals surface area contributed by atoms with Crippen LogP contribution in [0.5, 0.6) is 0 Å². The number of urea groups is 1. The topological polar surface area (TPSA) is 64.7 Å². The van der Waals surface area contributed by atoms with Gasteiger partial charge >= 0.3 is 6.03 Å². The molecule has 7 heteroatoms. The standard InChI is InChI=1S/C17H26N4O2S/c1-13(2)19-16(23)21-5-4-20(8-14-3-6-24-9-14)11-17(12-21)7-15(22)18-10-17/h3,6,9,13H,4-5,7-8,10-12H2,1-2H3,(H,18,22)(H,19,23). The lowest BCUT2D eigenvalue weighted by atomic mass is 9.86. The summed E-state index contributed by atoms with van der Waals surface area (Å²) in [5, 5.41) is 10.2. The van der Waals surface area contributed by atoms with Crippen molar-refractivity contribution >= 4 is 23.3 Å². The smallest absolute Gasteiger partial charge is 0.317 e. The fraction of sp³-hybridized carbons (Fsp3) is 0.647. The van der Waals surface area contributed by atoms with Crippen molar-refractivity contribution in [1.29, 1.82) is 0 Å². The maximum Gasteiger partial charge on any atom is 0.317 e. The van der Waals surface area contributed by atoms with E-state index in [4.69, 9.17) is 0 Å². The van der Waals surface area contributed by atoms with Gasteiger partial charge in [-0.25, -0.2) is 4.79 Å². The first-order chi connectivity index (χ1) is 11.5. The summed E-state index contributed by atoms with van der Waals surface area (Å²) < 4.78 is 0. The molecular formula is C17H26N4O2S. The molecule has 132 valence electrons. The molecule has 0 saturated carbocycles. The summed E-state index contributed by atoms with van der Waals surface area (Å²) in [6, 6.07) is 2.23. The van der Waals surface area contributed by atoms with Gasteiger partial charge in [-0.3, -0.25) is 9.69 Å². The number of carbonyl (C=O) groups excluding carboxylic acids is 2. The first kappa shape index (κ1) is 17.2. The van der Waals surface area contributed by atoms with Gasteiger partial charge in [0.15, 0.2) is 0 Å². The lowest BCUT2D eigenvalue weighted by molar-refractivity contribution is -0.119. The summed E-state index contributed by atoms with van der Waals surface area (Å²) in [5.74, 6) is 0.0941. The van der Waals surface area contributed by atoms with Gasteiger partial charge in [-0.05, 0) is 36.2 Å². The van der Waals surface area contributed by atoms with Crippen molar-refractivity contribution in [2.45, 2.75) is 32.9 Å². The molecule has 2 aliphatic heterocycles. The predicted octanol–water partition coefficient (Wildman–Crippen LogP) is 1.49. The summed E-state index contributed by atoms with van der Waals surface area (Å²) in [6.45, 7) is 8.45. The maximum atomic E-state index is 12.5. The van der Waals surface area contributed by atoms with E-state index in [9.17, 15) is 9.59 Å². The Morgan fingerprint density at radius 1 is 1.42 bits per heavy atom. The molecule has 1 atom stereocenters. The molecule has 0 radical (unpaired) electrons. The van der Waals surface area contributed by atoms with E-state index in [0.717, 1.165) is 19.6 Å². The summed E-state index contributed by atoms with van der Waals surface area (Å²) >= 11 is 1.70. The van der Waals surface area contributed by atoms with Crippen LogP contribution in [0.3, 0.4) is 0 Å². The third-order valence-corrected chi connectivity index (χ3v) is 5.39. The summed E-state index contributed by atoms with van der Waals surface area (Å²) in [7, 11) is 0. The van der Waals surface area contributed by atoms with Crippen molar-refractivity contribution in [3.63, 3.8) is 0 Å². The van der Waals surface area contributed by atoms with Gasteiger partial charge in [0.2, 0.25) is 5.91 Å². The van der Waals surface area contributed by atoms with Crippen LogP contribution >= 0.6 is 11.3 Å². The van der Waals surface area contributed by atoms with E-state index in [1.807, 2.05) is 18.7 Å². The molecule has 1 unspecified atom stereocenters. The van der Waals surface area contributed by atoms with Crippen molar-refractivity contribution in [2.75, 3.05) is 32.7 Å². The van der Waals surface area contributed by atoms with E-state index in [1.54, 1.807) is 11.3 Å². The van der Waals surface area contributed by atoms with E-state index < -0.39 is 0 Å². The molecule has 3 heterocycles. The van der Waals surface area contributed by atoms with Gasteiger partial charge < -0.3 is 15.5 Å². The van der Waals surface area contributed by atoms with E-state index in [1.165, 1.54) is 5.56 Å². The van der Waals surface area contributed by atoms with Crippen LogP contribution in [0.25, 0.3) is 0 Å². The van der Waals surface area contributed by atoms with Crippen LogP contribution in [-0.2, 0) is 11.3 Å². The third kappa shape index (κ3) is 4.08. The highest BCUT2D eigenvalue weighted by molar-refractivity contribution is 7.07. The molecule has 0 aliphatic carbocycles. The molecule has 1 aromatic rings. The average Bonchev–Trinajstić information content (AvgIpc) is 3.08. The second-order valence-corrected chi connectivity index (χ2v) is 8.10. The summed E-state index contributed by atoms with van der Waals surface area (Å²) in [5.41, 5.74) is 1.12. The fourth-order valence-electron chi connectivity index (χ4n) is 3.61. The van der Waals surface area contributed by atoms with Gasteiger partial charge in [0.25, 0.3) is 0 Å². The van der Waals surface area contributed by atoms with E-state index in [-0.39, 0.29) is 23.4 Å². The van der Waals surface area contributed by atoms with Gasteiger partial charge in [-0.2, -0.15) is 11.3 Å². The number of nitrogens with zero attached hydrogens (tertiary/aromatic N) is 2. The van der Waals surface area contributed by atoms with Crippen molar-refractivity contribution in [1.82, 2.24) is 20.4 Å². The minimum absolute atomic E-state index is 0.0268. The Balaban J connectivity index is 1.75.